The minimum absolute atomic E-state index is 0.0257. The van der Waals surface area contributed by atoms with Crippen LogP contribution >= 0.6 is 11.6 Å². The SMILES string of the molecule is O=C(C1CCC(F)(F)CC1)N1CCCC(c2cccc(-c3cnc4ccc(Cl)cn34)n2)C1. The summed E-state index contributed by atoms with van der Waals surface area (Å²) in [6.45, 7) is 1.27. The lowest BCUT2D eigenvalue weighted by molar-refractivity contribution is -0.140. The first-order valence-electron chi connectivity index (χ1n) is 11.2. The number of carbonyl (C=O) groups excluding carboxylic acids is 1. The normalized spacial score (nSPS) is 21.7. The first kappa shape index (κ1) is 21.3. The lowest BCUT2D eigenvalue weighted by Crippen LogP contribution is -2.44. The van der Waals surface area contributed by atoms with Crippen LogP contribution in [-0.4, -0.2) is 44.2 Å². The average molecular weight is 459 g/mol. The smallest absolute Gasteiger partial charge is 0.248 e. The van der Waals surface area contributed by atoms with Crippen molar-refractivity contribution in [3.63, 3.8) is 0 Å². The summed E-state index contributed by atoms with van der Waals surface area (Å²) in [5, 5.41) is 0.620. The van der Waals surface area contributed by atoms with Gasteiger partial charge in [-0.25, -0.2) is 13.8 Å². The number of hydrogen-bond acceptors (Lipinski definition) is 3. The van der Waals surface area contributed by atoms with E-state index in [-0.39, 0.29) is 43.4 Å². The minimum Gasteiger partial charge on any atom is -0.342 e. The van der Waals surface area contributed by atoms with E-state index in [0.29, 0.717) is 18.1 Å². The number of pyridine rings is 2. The second-order valence-electron chi connectivity index (χ2n) is 8.92. The van der Waals surface area contributed by atoms with Crippen molar-refractivity contribution >= 4 is 23.2 Å². The van der Waals surface area contributed by atoms with Gasteiger partial charge in [0.05, 0.1) is 22.6 Å². The number of imidazole rings is 1. The third-order valence-electron chi connectivity index (χ3n) is 6.72. The van der Waals surface area contributed by atoms with E-state index < -0.39 is 5.92 Å². The molecule has 4 heterocycles. The summed E-state index contributed by atoms with van der Waals surface area (Å²) >= 11 is 6.17. The van der Waals surface area contributed by atoms with E-state index in [1.807, 2.05) is 39.8 Å². The number of hydrogen-bond donors (Lipinski definition) is 0. The molecule has 0 radical (unpaired) electrons. The van der Waals surface area contributed by atoms with Crippen molar-refractivity contribution in [2.24, 2.45) is 5.92 Å². The number of fused-ring (bicyclic) bond motifs is 1. The summed E-state index contributed by atoms with van der Waals surface area (Å²) in [5.74, 6) is -2.75. The second-order valence-corrected chi connectivity index (χ2v) is 9.36. The zero-order valence-electron chi connectivity index (χ0n) is 17.7. The van der Waals surface area contributed by atoms with Gasteiger partial charge in [0.1, 0.15) is 5.65 Å². The fraction of sp³-hybridized carbons (Fsp3) is 0.458. The van der Waals surface area contributed by atoms with Crippen LogP contribution in [0.1, 0.15) is 50.1 Å². The van der Waals surface area contributed by atoms with Crippen molar-refractivity contribution in [2.45, 2.75) is 50.4 Å². The highest BCUT2D eigenvalue weighted by Crippen LogP contribution is 2.38. The van der Waals surface area contributed by atoms with Gasteiger partial charge in [-0.15, -0.1) is 0 Å². The van der Waals surface area contributed by atoms with Crippen LogP contribution in [0.4, 0.5) is 8.78 Å². The Morgan fingerprint density at radius 1 is 1.12 bits per heavy atom. The predicted molar refractivity (Wildman–Crippen MR) is 119 cm³/mol. The molecule has 1 amide bonds. The minimum atomic E-state index is -2.62. The third kappa shape index (κ3) is 4.22. The molecule has 0 N–H and O–H groups in total. The van der Waals surface area contributed by atoms with Crippen LogP contribution < -0.4 is 0 Å². The molecule has 1 saturated carbocycles. The Morgan fingerprint density at radius 3 is 2.75 bits per heavy atom. The molecule has 5 nitrogen and oxygen atoms in total. The molecule has 2 fully saturated rings. The molecule has 0 spiro atoms. The van der Waals surface area contributed by atoms with Crippen LogP contribution in [0, 0.1) is 5.92 Å². The molecule has 3 aromatic heterocycles. The number of alkyl halides is 2. The van der Waals surface area contributed by atoms with Crippen molar-refractivity contribution in [3.05, 3.63) is 53.4 Å². The van der Waals surface area contributed by atoms with Gasteiger partial charge in [0.2, 0.25) is 11.8 Å². The van der Waals surface area contributed by atoms with Crippen LogP contribution in [0.25, 0.3) is 17.0 Å². The Balaban J connectivity index is 1.34. The van der Waals surface area contributed by atoms with Crippen LogP contribution in [0.15, 0.2) is 42.7 Å². The van der Waals surface area contributed by atoms with E-state index in [1.54, 1.807) is 12.3 Å². The molecule has 168 valence electrons. The molecule has 1 atom stereocenters. The first-order valence-corrected chi connectivity index (χ1v) is 11.5. The van der Waals surface area contributed by atoms with Crippen molar-refractivity contribution in [3.8, 4) is 11.4 Å². The Hall–Kier alpha value is -2.54. The monoisotopic (exact) mass is 458 g/mol. The Morgan fingerprint density at radius 2 is 1.94 bits per heavy atom. The molecule has 1 aliphatic carbocycles. The molecule has 1 unspecified atom stereocenters. The number of carbonyl (C=O) groups is 1. The summed E-state index contributed by atoms with van der Waals surface area (Å²) in [5.41, 5.74) is 3.39. The van der Waals surface area contributed by atoms with Gasteiger partial charge in [-0.05, 0) is 49.9 Å². The van der Waals surface area contributed by atoms with E-state index in [2.05, 4.69) is 4.98 Å². The van der Waals surface area contributed by atoms with Gasteiger partial charge >= 0.3 is 0 Å². The zero-order valence-corrected chi connectivity index (χ0v) is 18.4. The van der Waals surface area contributed by atoms with Crippen LogP contribution in [0.2, 0.25) is 5.02 Å². The van der Waals surface area contributed by atoms with E-state index in [9.17, 15) is 13.6 Å². The quantitative estimate of drug-likeness (QED) is 0.514. The summed E-state index contributed by atoms with van der Waals surface area (Å²) in [7, 11) is 0. The fourth-order valence-corrected chi connectivity index (χ4v) is 5.09. The van der Waals surface area contributed by atoms with Gasteiger partial charge in [0, 0.05) is 49.7 Å². The maximum atomic E-state index is 13.5. The number of halogens is 3. The predicted octanol–water partition coefficient (Wildman–Crippen LogP) is 5.58. The second kappa shape index (κ2) is 8.43. The Bertz CT molecular complexity index is 1140. The molecule has 32 heavy (non-hydrogen) atoms. The molecule has 5 rings (SSSR count). The average Bonchev–Trinajstić information content (AvgIpc) is 3.22. The fourth-order valence-electron chi connectivity index (χ4n) is 4.93. The van der Waals surface area contributed by atoms with Crippen LogP contribution in [0.3, 0.4) is 0 Å². The topological polar surface area (TPSA) is 50.5 Å². The van der Waals surface area contributed by atoms with E-state index in [1.165, 1.54) is 0 Å². The Kier molecular flexibility index (Phi) is 5.61. The molecule has 2 aliphatic rings. The molecule has 1 saturated heterocycles. The van der Waals surface area contributed by atoms with E-state index in [4.69, 9.17) is 16.6 Å². The highest BCUT2D eigenvalue weighted by molar-refractivity contribution is 6.30. The number of likely N-dealkylation sites (tertiary alicyclic amines) is 1. The molecular formula is C24H25ClF2N4O. The highest BCUT2D eigenvalue weighted by Gasteiger charge is 2.39. The van der Waals surface area contributed by atoms with Gasteiger partial charge in [-0.2, -0.15) is 0 Å². The number of aromatic nitrogens is 3. The largest absolute Gasteiger partial charge is 0.342 e. The summed E-state index contributed by atoms with van der Waals surface area (Å²) in [6, 6.07) is 9.59. The summed E-state index contributed by atoms with van der Waals surface area (Å²) < 4.78 is 28.9. The number of nitrogens with zero attached hydrogens (tertiary/aromatic N) is 4. The third-order valence-corrected chi connectivity index (χ3v) is 6.94. The van der Waals surface area contributed by atoms with Gasteiger partial charge in [-0.3, -0.25) is 14.2 Å². The van der Waals surface area contributed by atoms with Crippen LogP contribution in [-0.2, 0) is 4.79 Å². The number of rotatable bonds is 3. The zero-order chi connectivity index (χ0) is 22.3. The van der Waals surface area contributed by atoms with Gasteiger partial charge < -0.3 is 4.90 Å². The Labute approximate surface area is 190 Å². The van der Waals surface area contributed by atoms with Gasteiger partial charge in [-0.1, -0.05) is 17.7 Å². The lowest BCUT2D eigenvalue weighted by Gasteiger charge is -2.36. The molecular weight excluding hydrogens is 434 g/mol. The maximum Gasteiger partial charge on any atom is 0.248 e. The van der Waals surface area contributed by atoms with E-state index in [0.717, 1.165) is 35.6 Å². The molecule has 1 aliphatic heterocycles. The maximum absolute atomic E-state index is 13.5. The number of piperidine rings is 1. The summed E-state index contributed by atoms with van der Waals surface area (Å²) in [6.07, 6.45) is 5.62. The lowest BCUT2D eigenvalue weighted by atomic mass is 9.85. The number of amides is 1. The molecule has 8 heteroatoms. The van der Waals surface area contributed by atoms with Crippen molar-refractivity contribution in [1.29, 1.82) is 0 Å². The van der Waals surface area contributed by atoms with Crippen molar-refractivity contribution in [1.82, 2.24) is 19.3 Å². The highest BCUT2D eigenvalue weighted by atomic mass is 35.5. The van der Waals surface area contributed by atoms with Crippen molar-refractivity contribution < 1.29 is 13.6 Å². The molecule has 0 aromatic carbocycles. The molecule has 3 aromatic rings. The van der Waals surface area contributed by atoms with Gasteiger partial charge in [0.25, 0.3) is 0 Å². The van der Waals surface area contributed by atoms with E-state index >= 15 is 0 Å². The van der Waals surface area contributed by atoms with Gasteiger partial charge in [0.15, 0.2) is 0 Å². The molecule has 0 bridgehead atoms. The van der Waals surface area contributed by atoms with Crippen LogP contribution in [0.5, 0.6) is 0 Å². The summed E-state index contributed by atoms with van der Waals surface area (Å²) in [4.78, 5) is 24.2. The standard InChI is InChI=1S/C24H25ClF2N4O/c25-18-6-7-22-28-13-21(31(22)15-18)20-5-1-4-19(29-20)17-3-2-12-30(14-17)23(32)16-8-10-24(26,27)11-9-16/h1,4-7,13,15-17H,2-3,8-12,14H2. The first-order chi connectivity index (χ1) is 15.4. The van der Waals surface area contributed by atoms with Crippen molar-refractivity contribution in [2.75, 3.05) is 13.1 Å².